The molecule has 9 heteroatoms. The highest BCUT2D eigenvalue weighted by Crippen LogP contribution is 2.33. The Labute approximate surface area is 183 Å². The lowest BCUT2D eigenvalue weighted by Gasteiger charge is -2.18. The number of nitrogens with zero attached hydrogens (tertiary/aromatic N) is 1. The van der Waals surface area contributed by atoms with E-state index in [4.69, 9.17) is 0 Å². The average molecular weight is 450 g/mol. The van der Waals surface area contributed by atoms with E-state index in [-0.39, 0.29) is 0 Å². The zero-order valence-corrected chi connectivity index (χ0v) is 17.9. The third kappa shape index (κ3) is 5.64. The molecule has 0 atom stereocenters. The van der Waals surface area contributed by atoms with Crippen molar-refractivity contribution < 1.29 is 22.4 Å². The van der Waals surface area contributed by atoms with Crippen molar-refractivity contribution in [2.45, 2.75) is 44.2 Å². The Bertz CT molecular complexity index is 1070. The Balaban J connectivity index is 0.000000913. The van der Waals surface area contributed by atoms with E-state index in [1.807, 2.05) is 14.1 Å². The van der Waals surface area contributed by atoms with Crippen LogP contribution in [0.5, 0.6) is 0 Å². The van der Waals surface area contributed by atoms with Crippen LogP contribution in [0.15, 0.2) is 36.4 Å². The minimum atomic E-state index is -4.67. The van der Waals surface area contributed by atoms with Gasteiger partial charge in [0.2, 0.25) is 0 Å². The van der Waals surface area contributed by atoms with Crippen LogP contribution in [0.25, 0.3) is 11.0 Å². The number of fused-ring (bicyclic) bond motifs is 1. The molecule has 4 rings (SSSR count). The molecule has 0 saturated heterocycles. The maximum atomic E-state index is 14.0. The number of rotatable bonds is 3. The van der Waals surface area contributed by atoms with E-state index in [1.54, 1.807) is 18.2 Å². The Hall–Kier alpha value is -2.94. The van der Waals surface area contributed by atoms with Gasteiger partial charge in [-0.15, -0.1) is 0 Å². The minimum Gasteiger partial charge on any atom is -0.342 e. The number of nitrogens with one attached hydrogen (secondary N) is 3. The molecule has 2 aromatic carbocycles. The second-order valence-corrected chi connectivity index (χ2v) is 7.84. The number of aromatic nitrogens is 2. The van der Waals surface area contributed by atoms with E-state index in [0.29, 0.717) is 29.3 Å². The molecule has 3 aromatic rings. The maximum absolute atomic E-state index is 14.0. The number of aromatic amines is 1. The Morgan fingerprint density at radius 3 is 2.38 bits per heavy atom. The number of H-pyrrole nitrogens is 1. The first-order valence-electron chi connectivity index (χ1n) is 10.5. The summed E-state index contributed by atoms with van der Waals surface area (Å²) in [6.07, 6.45) is 1.13. The third-order valence-electron chi connectivity index (χ3n) is 5.29. The summed E-state index contributed by atoms with van der Waals surface area (Å²) < 4.78 is 52.0. The normalized spacial score (nSPS) is 14.7. The summed E-state index contributed by atoms with van der Waals surface area (Å²) in [5, 5.41) is 5.27. The highest BCUT2D eigenvalue weighted by atomic mass is 19.4. The van der Waals surface area contributed by atoms with Crippen LogP contribution in [-0.4, -0.2) is 30.0 Å². The molecule has 0 radical (unpaired) electrons. The van der Waals surface area contributed by atoms with Crippen LogP contribution in [0.2, 0.25) is 0 Å². The number of amides is 1. The Morgan fingerprint density at radius 2 is 1.75 bits per heavy atom. The SMILES string of the molecule is CNC.O=C(Nc1ccc2[nH]c(C3CCCCC3)nc2c1)c1ccc(C(F)(F)F)cc1F. The lowest BCUT2D eigenvalue weighted by molar-refractivity contribution is -0.137. The fourth-order valence-electron chi connectivity index (χ4n) is 3.75. The second kappa shape index (κ2) is 10.1. The number of anilines is 1. The van der Waals surface area contributed by atoms with Gasteiger partial charge in [-0.05, 0) is 63.3 Å². The molecule has 1 aromatic heterocycles. The summed E-state index contributed by atoms with van der Waals surface area (Å²) in [5.74, 6) is -0.719. The highest BCUT2D eigenvalue weighted by Gasteiger charge is 2.31. The molecular weight excluding hydrogens is 424 g/mol. The van der Waals surface area contributed by atoms with Crippen molar-refractivity contribution in [1.82, 2.24) is 15.3 Å². The minimum absolute atomic E-state index is 0.322. The summed E-state index contributed by atoms with van der Waals surface area (Å²) in [7, 11) is 3.75. The van der Waals surface area contributed by atoms with Crippen LogP contribution < -0.4 is 10.6 Å². The lowest BCUT2D eigenvalue weighted by atomic mass is 9.89. The van der Waals surface area contributed by atoms with Crippen LogP contribution in [0.4, 0.5) is 23.2 Å². The molecule has 5 nitrogen and oxygen atoms in total. The molecule has 1 amide bonds. The average Bonchev–Trinajstić information content (AvgIpc) is 3.17. The molecule has 1 aliphatic rings. The number of carbonyl (C=O) groups excluding carboxylic acids is 1. The van der Waals surface area contributed by atoms with Crippen LogP contribution in [0.3, 0.4) is 0 Å². The quantitative estimate of drug-likeness (QED) is 0.438. The van der Waals surface area contributed by atoms with Crippen molar-refractivity contribution in [2.75, 3.05) is 19.4 Å². The fraction of sp³-hybridized carbons (Fsp3) is 0.391. The summed E-state index contributed by atoms with van der Waals surface area (Å²) in [4.78, 5) is 20.3. The van der Waals surface area contributed by atoms with Gasteiger partial charge in [0.25, 0.3) is 5.91 Å². The summed E-state index contributed by atoms with van der Waals surface area (Å²) >= 11 is 0. The van der Waals surface area contributed by atoms with E-state index in [1.165, 1.54) is 19.3 Å². The van der Waals surface area contributed by atoms with Crippen molar-refractivity contribution in [3.63, 3.8) is 0 Å². The van der Waals surface area contributed by atoms with Crippen molar-refractivity contribution in [3.8, 4) is 0 Å². The monoisotopic (exact) mass is 450 g/mol. The summed E-state index contributed by atoms with van der Waals surface area (Å²) in [5.41, 5.74) is 0.312. The smallest absolute Gasteiger partial charge is 0.342 e. The number of hydrogen-bond acceptors (Lipinski definition) is 3. The number of benzene rings is 2. The predicted octanol–water partition coefficient (Wildman–Crippen LogP) is 5.86. The van der Waals surface area contributed by atoms with Gasteiger partial charge in [0.1, 0.15) is 11.6 Å². The molecule has 0 bridgehead atoms. The first-order valence-corrected chi connectivity index (χ1v) is 10.5. The number of hydrogen-bond donors (Lipinski definition) is 3. The van der Waals surface area contributed by atoms with Crippen molar-refractivity contribution in [2.24, 2.45) is 0 Å². The van der Waals surface area contributed by atoms with Gasteiger partial charge in [-0.25, -0.2) is 9.37 Å². The van der Waals surface area contributed by atoms with E-state index in [9.17, 15) is 22.4 Å². The molecule has 0 unspecified atom stereocenters. The predicted molar refractivity (Wildman–Crippen MR) is 116 cm³/mol. The topological polar surface area (TPSA) is 69.8 Å². The van der Waals surface area contributed by atoms with E-state index >= 15 is 0 Å². The summed E-state index contributed by atoms with van der Waals surface area (Å²) in [6.45, 7) is 0. The highest BCUT2D eigenvalue weighted by molar-refractivity contribution is 6.05. The molecule has 1 saturated carbocycles. The zero-order valence-electron chi connectivity index (χ0n) is 17.9. The molecule has 0 aliphatic heterocycles. The van der Waals surface area contributed by atoms with Gasteiger partial charge in [0.15, 0.2) is 0 Å². The molecule has 1 fully saturated rings. The molecule has 3 N–H and O–H groups in total. The van der Waals surface area contributed by atoms with Crippen molar-refractivity contribution >= 4 is 22.6 Å². The number of alkyl halides is 3. The van der Waals surface area contributed by atoms with Gasteiger partial charge in [-0.1, -0.05) is 19.3 Å². The first kappa shape index (κ1) is 23.7. The molecular formula is C23H26F4N4O. The van der Waals surface area contributed by atoms with Crippen LogP contribution in [0.1, 0.15) is 59.8 Å². The van der Waals surface area contributed by atoms with Crippen LogP contribution >= 0.6 is 0 Å². The lowest BCUT2D eigenvalue weighted by Crippen LogP contribution is -2.15. The first-order chi connectivity index (χ1) is 15.2. The molecule has 1 aliphatic carbocycles. The van der Waals surface area contributed by atoms with E-state index in [0.717, 1.165) is 30.2 Å². The van der Waals surface area contributed by atoms with Gasteiger partial charge in [0.05, 0.1) is 22.2 Å². The molecule has 1 heterocycles. The second-order valence-electron chi connectivity index (χ2n) is 7.84. The van der Waals surface area contributed by atoms with Gasteiger partial charge < -0.3 is 15.6 Å². The maximum Gasteiger partial charge on any atom is 0.416 e. The van der Waals surface area contributed by atoms with E-state index in [2.05, 4.69) is 20.6 Å². The van der Waals surface area contributed by atoms with Gasteiger partial charge in [0, 0.05) is 11.6 Å². The summed E-state index contributed by atoms with van der Waals surface area (Å²) in [6, 6.07) is 6.92. The van der Waals surface area contributed by atoms with Gasteiger partial charge >= 0.3 is 6.18 Å². The molecule has 172 valence electrons. The van der Waals surface area contributed by atoms with Crippen LogP contribution in [0, 0.1) is 5.82 Å². The Morgan fingerprint density at radius 1 is 1.06 bits per heavy atom. The van der Waals surface area contributed by atoms with Gasteiger partial charge in [-0.3, -0.25) is 4.79 Å². The van der Waals surface area contributed by atoms with Crippen LogP contribution in [-0.2, 0) is 6.18 Å². The number of halogens is 4. The number of imidazole rings is 1. The standard InChI is InChI=1S/C21H19F4N3O.C2H7N/c22-16-10-13(21(23,24)25)6-8-15(16)20(29)26-14-7-9-17-18(11-14)28-19(27-17)12-4-2-1-3-5-12;1-3-2/h6-12H,1-5H2,(H,26,29)(H,27,28);3H,1-2H3. The number of carbonyl (C=O) groups is 1. The van der Waals surface area contributed by atoms with E-state index < -0.39 is 29.0 Å². The molecule has 0 spiro atoms. The van der Waals surface area contributed by atoms with Crippen molar-refractivity contribution in [1.29, 1.82) is 0 Å². The largest absolute Gasteiger partial charge is 0.416 e. The Kier molecular flexibility index (Phi) is 7.50. The molecule has 32 heavy (non-hydrogen) atoms. The zero-order chi connectivity index (χ0) is 23.3. The van der Waals surface area contributed by atoms with Gasteiger partial charge in [-0.2, -0.15) is 13.2 Å². The third-order valence-corrected chi connectivity index (χ3v) is 5.29. The fourth-order valence-corrected chi connectivity index (χ4v) is 3.75. The van der Waals surface area contributed by atoms with Crippen molar-refractivity contribution in [3.05, 3.63) is 59.2 Å².